The van der Waals surface area contributed by atoms with Crippen LogP contribution in [0.2, 0.25) is 0 Å². The summed E-state index contributed by atoms with van der Waals surface area (Å²) in [4.78, 5) is 2.08. The van der Waals surface area contributed by atoms with Gasteiger partial charge in [0.05, 0.1) is 6.61 Å². The lowest BCUT2D eigenvalue weighted by molar-refractivity contribution is 0.282. The van der Waals surface area contributed by atoms with E-state index in [2.05, 4.69) is 4.90 Å². The molecular formula is C15H16FNO. The first-order valence-electron chi connectivity index (χ1n) is 5.97. The van der Waals surface area contributed by atoms with E-state index in [4.69, 9.17) is 5.11 Å². The lowest BCUT2D eigenvalue weighted by atomic mass is 10.2. The molecule has 0 atom stereocenters. The van der Waals surface area contributed by atoms with Crippen LogP contribution in [0.3, 0.4) is 0 Å². The van der Waals surface area contributed by atoms with Crippen LogP contribution in [0.1, 0.15) is 12.5 Å². The molecule has 0 amide bonds. The van der Waals surface area contributed by atoms with Crippen LogP contribution >= 0.6 is 0 Å². The summed E-state index contributed by atoms with van der Waals surface area (Å²) in [7, 11) is 0. The zero-order chi connectivity index (χ0) is 13.0. The average molecular weight is 245 g/mol. The molecule has 0 unspecified atom stereocenters. The smallest absolute Gasteiger partial charge is 0.123 e. The molecular weight excluding hydrogens is 229 g/mol. The normalized spacial score (nSPS) is 10.4. The van der Waals surface area contributed by atoms with Crippen LogP contribution in [0.5, 0.6) is 0 Å². The van der Waals surface area contributed by atoms with Gasteiger partial charge in [0.15, 0.2) is 0 Å². The summed E-state index contributed by atoms with van der Waals surface area (Å²) >= 11 is 0. The summed E-state index contributed by atoms with van der Waals surface area (Å²) in [6.45, 7) is 2.89. The van der Waals surface area contributed by atoms with E-state index in [0.29, 0.717) is 0 Å². The summed E-state index contributed by atoms with van der Waals surface area (Å²) < 4.78 is 12.9. The number of hydrogen-bond donors (Lipinski definition) is 1. The monoisotopic (exact) mass is 245 g/mol. The largest absolute Gasteiger partial charge is 0.392 e. The van der Waals surface area contributed by atoms with Gasteiger partial charge < -0.3 is 10.0 Å². The van der Waals surface area contributed by atoms with Gasteiger partial charge in [-0.3, -0.25) is 0 Å². The minimum atomic E-state index is -0.231. The third-order valence-electron chi connectivity index (χ3n) is 2.89. The Morgan fingerprint density at radius 2 is 1.44 bits per heavy atom. The molecule has 2 nitrogen and oxygen atoms in total. The van der Waals surface area contributed by atoms with E-state index >= 15 is 0 Å². The molecule has 0 saturated heterocycles. The van der Waals surface area contributed by atoms with E-state index in [1.165, 1.54) is 12.1 Å². The third-order valence-corrected chi connectivity index (χ3v) is 2.89. The van der Waals surface area contributed by atoms with Crippen molar-refractivity contribution in [3.8, 4) is 0 Å². The standard InChI is InChI=1S/C15H16FNO/c1-2-17(15-9-5-13(16)6-10-15)14-7-3-12(11-18)4-8-14/h3-10,18H,2,11H2,1H3. The Balaban J connectivity index is 2.29. The molecule has 0 aliphatic rings. The van der Waals surface area contributed by atoms with E-state index in [0.717, 1.165) is 23.5 Å². The van der Waals surface area contributed by atoms with Gasteiger partial charge in [-0.05, 0) is 48.9 Å². The van der Waals surface area contributed by atoms with E-state index in [9.17, 15) is 4.39 Å². The molecule has 94 valence electrons. The zero-order valence-corrected chi connectivity index (χ0v) is 10.3. The predicted molar refractivity (Wildman–Crippen MR) is 71.4 cm³/mol. The van der Waals surface area contributed by atoms with Gasteiger partial charge in [0.2, 0.25) is 0 Å². The highest BCUT2D eigenvalue weighted by atomic mass is 19.1. The molecule has 0 heterocycles. The van der Waals surface area contributed by atoms with Crippen molar-refractivity contribution in [3.05, 3.63) is 59.9 Å². The lowest BCUT2D eigenvalue weighted by Gasteiger charge is -2.23. The Morgan fingerprint density at radius 1 is 0.944 bits per heavy atom. The van der Waals surface area contributed by atoms with Crippen molar-refractivity contribution >= 4 is 11.4 Å². The van der Waals surface area contributed by atoms with Crippen molar-refractivity contribution in [2.45, 2.75) is 13.5 Å². The maximum absolute atomic E-state index is 12.9. The van der Waals surface area contributed by atoms with Crippen molar-refractivity contribution in [1.29, 1.82) is 0 Å². The fraction of sp³-hybridized carbons (Fsp3) is 0.200. The Hall–Kier alpha value is -1.87. The molecule has 1 N–H and O–H groups in total. The van der Waals surface area contributed by atoms with Crippen LogP contribution in [-0.4, -0.2) is 11.7 Å². The predicted octanol–water partition coefficient (Wildman–Crippen LogP) is 3.48. The second-order valence-electron chi connectivity index (χ2n) is 4.05. The molecule has 3 heteroatoms. The van der Waals surface area contributed by atoms with Crippen LogP contribution in [0.4, 0.5) is 15.8 Å². The highest BCUT2D eigenvalue weighted by molar-refractivity contribution is 5.63. The van der Waals surface area contributed by atoms with Crippen molar-refractivity contribution < 1.29 is 9.50 Å². The molecule has 0 aromatic heterocycles. The van der Waals surface area contributed by atoms with Crippen molar-refractivity contribution in [2.24, 2.45) is 0 Å². The molecule has 0 aliphatic heterocycles. The van der Waals surface area contributed by atoms with Gasteiger partial charge in [-0.2, -0.15) is 0 Å². The molecule has 0 fully saturated rings. The zero-order valence-electron chi connectivity index (χ0n) is 10.3. The fourth-order valence-corrected chi connectivity index (χ4v) is 1.92. The molecule has 0 aliphatic carbocycles. The van der Waals surface area contributed by atoms with E-state index in [1.54, 1.807) is 12.1 Å². The molecule has 0 saturated carbocycles. The van der Waals surface area contributed by atoms with Gasteiger partial charge in [0.1, 0.15) is 5.82 Å². The van der Waals surface area contributed by atoms with Crippen molar-refractivity contribution in [1.82, 2.24) is 0 Å². The summed E-state index contributed by atoms with van der Waals surface area (Å²) in [5, 5.41) is 9.02. The first-order chi connectivity index (χ1) is 8.74. The third kappa shape index (κ3) is 2.68. The van der Waals surface area contributed by atoms with Crippen molar-refractivity contribution in [3.63, 3.8) is 0 Å². The molecule has 18 heavy (non-hydrogen) atoms. The second kappa shape index (κ2) is 5.65. The number of hydrogen-bond acceptors (Lipinski definition) is 2. The lowest BCUT2D eigenvalue weighted by Crippen LogP contribution is -2.15. The number of aliphatic hydroxyl groups excluding tert-OH is 1. The van der Waals surface area contributed by atoms with Crippen LogP contribution < -0.4 is 4.90 Å². The number of benzene rings is 2. The first-order valence-corrected chi connectivity index (χ1v) is 5.97. The highest BCUT2D eigenvalue weighted by Gasteiger charge is 2.06. The van der Waals surface area contributed by atoms with Gasteiger partial charge in [0, 0.05) is 17.9 Å². The molecule has 2 aromatic rings. The minimum absolute atomic E-state index is 0.0446. The fourth-order valence-electron chi connectivity index (χ4n) is 1.92. The Bertz CT molecular complexity index is 493. The highest BCUT2D eigenvalue weighted by Crippen LogP contribution is 2.25. The van der Waals surface area contributed by atoms with Crippen LogP contribution in [-0.2, 0) is 6.61 Å². The SMILES string of the molecule is CCN(c1ccc(F)cc1)c1ccc(CO)cc1. The molecule has 0 radical (unpaired) electrons. The first kappa shape index (κ1) is 12.6. The van der Waals surface area contributed by atoms with Gasteiger partial charge >= 0.3 is 0 Å². The molecule has 0 bridgehead atoms. The van der Waals surface area contributed by atoms with Crippen LogP contribution in [0.15, 0.2) is 48.5 Å². The van der Waals surface area contributed by atoms with E-state index in [1.807, 2.05) is 31.2 Å². The Morgan fingerprint density at radius 3 is 1.89 bits per heavy atom. The van der Waals surface area contributed by atoms with Crippen LogP contribution in [0, 0.1) is 5.82 Å². The maximum atomic E-state index is 12.9. The number of halogens is 1. The van der Waals surface area contributed by atoms with Gasteiger partial charge in [0.25, 0.3) is 0 Å². The number of nitrogens with zero attached hydrogens (tertiary/aromatic N) is 1. The van der Waals surface area contributed by atoms with Gasteiger partial charge in [-0.15, -0.1) is 0 Å². The summed E-state index contributed by atoms with van der Waals surface area (Å²) in [6, 6.07) is 14.1. The second-order valence-corrected chi connectivity index (χ2v) is 4.05. The molecule has 2 rings (SSSR count). The quantitative estimate of drug-likeness (QED) is 0.891. The summed E-state index contributed by atoms with van der Waals surface area (Å²) in [5.41, 5.74) is 2.87. The average Bonchev–Trinajstić information content (AvgIpc) is 2.42. The van der Waals surface area contributed by atoms with Gasteiger partial charge in [-0.1, -0.05) is 12.1 Å². The maximum Gasteiger partial charge on any atom is 0.123 e. The Kier molecular flexibility index (Phi) is 3.95. The number of anilines is 2. The Labute approximate surface area is 106 Å². The molecule has 0 spiro atoms. The number of aliphatic hydroxyl groups is 1. The summed E-state index contributed by atoms with van der Waals surface area (Å²) in [5.74, 6) is -0.231. The van der Waals surface area contributed by atoms with Crippen molar-refractivity contribution in [2.75, 3.05) is 11.4 Å². The van der Waals surface area contributed by atoms with E-state index in [-0.39, 0.29) is 12.4 Å². The number of rotatable bonds is 4. The summed E-state index contributed by atoms with van der Waals surface area (Å²) in [6.07, 6.45) is 0. The molecule has 2 aromatic carbocycles. The van der Waals surface area contributed by atoms with Gasteiger partial charge in [-0.25, -0.2) is 4.39 Å². The topological polar surface area (TPSA) is 23.5 Å². The minimum Gasteiger partial charge on any atom is -0.392 e. The van der Waals surface area contributed by atoms with Crippen LogP contribution in [0.25, 0.3) is 0 Å². The van der Waals surface area contributed by atoms with E-state index < -0.39 is 0 Å².